The smallest absolute Gasteiger partial charge is 0.159 e. The van der Waals surface area contributed by atoms with Gasteiger partial charge >= 0.3 is 0 Å². The highest BCUT2D eigenvalue weighted by Crippen LogP contribution is 2.26. The molecule has 0 saturated heterocycles. The normalized spacial score (nSPS) is 12.5. The molecule has 0 aromatic heterocycles. The number of rotatable bonds is 2. The van der Waals surface area contributed by atoms with E-state index in [9.17, 15) is 18.3 Å². The number of aliphatic hydroxyl groups excluding tert-OH is 1. The fourth-order valence-corrected chi connectivity index (χ4v) is 2.09. The zero-order valence-corrected chi connectivity index (χ0v) is 10.6. The molecular formula is C13H8BrF3O. The quantitative estimate of drug-likeness (QED) is 0.889. The number of aliphatic hydroxyl groups is 1. The molecule has 18 heavy (non-hydrogen) atoms. The van der Waals surface area contributed by atoms with E-state index in [0.717, 1.165) is 18.2 Å². The third kappa shape index (κ3) is 2.73. The molecule has 0 heterocycles. The molecule has 2 aromatic rings. The standard InChI is InChI=1S/C13H8BrF3O/c14-9-3-8(4-10(15)6-9)13(18)7-1-2-11(16)12(17)5-7/h1-6,13,18H. The minimum atomic E-state index is -1.22. The van der Waals surface area contributed by atoms with E-state index in [2.05, 4.69) is 15.9 Å². The van der Waals surface area contributed by atoms with Crippen LogP contribution in [0.15, 0.2) is 40.9 Å². The van der Waals surface area contributed by atoms with Crippen LogP contribution in [-0.2, 0) is 0 Å². The average Bonchev–Trinajstić information content (AvgIpc) is 2.30. The Morgan fingerprint density at radius 1 is 0.889 bits per heavy atom. The Hall–Kier alpha value is -1.33. The van der Waals surface area contributed by atoms with Crippen molar-refractivity contribution < 1.29 is 18.3 Å². The van der Waals surface area contributed by atoms with E-state index in [0.29, 0.717) is 4.47 Å². The van der Waals surface area contributed by atoms with Gasteiger partial charge in [-0.15, -0.1) is 0 Å². The molecule has 2 rings (SSSR count). The lowest BCUT2D eigenvalue weighted by Crippen LogP contribution is -2.01. The van der Waals surface area contributed by atoms with Crippen LogP contribution in [-0.4, -0.2) is 5.11 Å². The molecular weight excluding hydrogens is 309 g/mol. The summed E-state index contributed by atoms with van der Waals surface area (Å²) in [5, 5.41) is 9.98. The second kappa shape index (κ2) is 5.12. The van der Waals surface area contributed by atoms with Gasteiger partial charge in [0.2, 0.25) is 0 Å². The van der Waals surface area contributed by atoms with Gasteiger partial charge in [0.25, 0.3) is 0 Å². The average molecular weight is 317 g/mol. The van der Waals surface area contributed by atoms with Gasteiger partial charge in [-0.1, -0.05) is 22.0 Å². The van der Waals surface area contributed by atoms with Crippen LogP contribution in [0.4, 0.5) is 13.2 Å². The van der Waals surface area contributed by atoms with Crippen molar-refractivity contribution in [1.82, 2.24) is 0 Å². The summed E-state index contributed by atoms with van der Waals surface area (Å²) in [6.07, 6.45) is -1.22. The summed E-state index contributed by atoms with van der Waals surface area (Å²) in [4.78, 5) is 0. The van der Waals surface area contributed by atoms with E-state index in [1.54, 1.807) is 0 Å². The van der Waals surface area contributed by atoms with Crippen LogP contribution < -0.4 is 0 Å². The van der Waals surface area contributed by atoms with E-state index >= 15 is 0 Å². The molecule has 1 atom stereocenters. The molecule has 0 aliphatic rings. The second-order valence-electron chi connectivity index (χ2n) is 3.78. The monoisotopic (exact) mass is 316 g/mol. The second-order valence-corrected chi connectivity index (χ2v) is 4.69. The molecule has 2 aromatic carbocycles. The minimum absolute atomic E-state index is 0.159. The van der Waals surface area contributed by atoms with Crippen LogP contribution in [0.5, 0.6) is 0 Å². The predicted octanol–water partition coefficient (Wildman–Crippen LogP) is 3.95. The van der Waals surface area contributed by atoms with E-state index in [4.69, 9.17) is 0 Å². The maximum atomic E-state index is 13.2. The van der Waals surface area contributed by atoms with Crippen molar-refractivity contribution in [3.8, 4) is 0 Å². The molecule has 94 valence electrons. The highest BCUT2D eigenvalue weighted by molar-refractivity contribution is 9.10. The van der Waals surface area contributed by atoms with Gasteiger partial charge in [-0.3, -0.25) is 0 Å². The molecule has 1 nitrogen and oxygen atoms in total. The molecule has 0 aliphatic carbocycles. The van der Waals surface area contributed by atoms with Crippen molar-refractivity contribution in [3.05, 3.63) is 69.4 Å². The molecule has 0 saturated carbocycles. The molecule has 0 bridgehead atoms. The van der Waals surface area contributed by atoms with Gasteiger partial charge in [0.1, 0.15) is 11.9 Å². The molecule has 0 fully saturated rings. The van der Waals surface area contributed by atoms with Crippen molar-refractivity contribution in [2.75, 3.05) is 0 Å². The molecule has 0 spiro atoms. The van der Waals surface area contributed by atoms with Crippen LogP contribution in [0.1, 0.15) is 17.2 Å². The van der Waals surface area contributed by atoms with Crippen molar-refractivity contribution in [2.45, 2.75) is 6.10 Å². The summed E-state index contributed by atoms with van der Waals surface area (Å²) < 4.78 is 39.4. The van der Waals surface area contributed by atoms with Crippen LogP contribution >= 0.6 is 15.9 Å². The number of benzene rings is 2. The summed E-state index contributed by atoms with van der Waals surface area (Å²) in [5.74, 6) is -2.57. The lowest BCUT2D eigenvalue weighted by atomic mass is 10.0. The Labute approximate surface area is 110 Å². The van der Waals surface area contributed by atoms with Crippen LogP contribution in [0, 0.1) is 17.5 Å². The Bertz CT molecular complexity index is 566. The van der Waals surface area contributed by atoms with Crippen LogP contribution in [0.25, 0.3) is 0 Å². The molecule has 0 radical (unpaired) electrons. The van der Waals surface area contributed by atoms with Gasteiger partial charge in [0.05, 0.1) is 0 Å². The fraction of sp³-hybridized carbons (Fsp3) is 0.0769. The van der Waals surface area contributed by atoms with Crippen LogP contribution in [0.2, 0.25) is 0 Å². The summed E-state index contributed by atoms with van der Waals surface area (Å²) >= 11 is 3.09. The molecule has 5 heteroatoms. The van der Waals surface area contributed by atoms with Gasteiger partial charge in [0.15, 0.2) is 11.6 Å². The van der Waals surface area contributed by atoms with E-state index in [1.807, 2.05) is 0 Å². The summed E-state index contributed by atoms with van der Waals surface area (Å²) in [5.41, 5.74) is 0.416. The van der Waals surface area contributed by atoms with Crippen molar-refractivity contribution in [3.63, 3.8) is 0 Å². The predicted molar refractivity (Wildman–Crippen MR) is 64.5 cm³/mol. The summed E-state index contributed by atoms with van der Waals surface area (Å²) in [7, 11) is 0. The zero-order valence-electron chi connectivity index (χ0n) is 9.00. The van der Waals surface area contributed by atoms with Gasteiger partial charge < -0.3 is 5.11 Å². The Kier molecular flexibility index (Phi) is 3.73. The van der Waals surface area contributed by atoms with Gasteiger partial charge in [-0.2, -0.15) is 0 Å². The van der Waals surface area contributed by atoms with Crippen molar-refractivity contribution in [2.24, 2.45) is 0 Å². The lowest BCUT2D eigenvalue weighted by molar-refractivity contribution is 0.219. The van der Waals surface area contributed by atoms with Gasteiger partial charge in [0, 0.05) is 4.47 Å². The summed E-state index contributed by atoms with van der Waals surface area (Å²) in [6.45, 7) is 0. The van der Waals surface area contributed by atoms with Gasteiger partial charge in [-0.05, 0) is 41.5 Å². The Balaban J connectivity index is 2.40. The SMILES string of the molecule is OC(c1cc(F)cc(Br)c1)c1ccc(F)c(F)c1. The molecule has 0 amide bonds. The topological polar surface area (TPSA) is 20.2 Å². The van der Waals surface area contributed by atoms with E-state index < -0.39 is 23.6 Å². The number of hydrogen-bond donors (Lipinski definition) is 1. The number of halogens is 4. The third-order valence-corrected chi connectivity index (χ3v) is 2.92. The van der Waals surface area contributed by atoms with Crippen molar-refractivity contribution in [1.29, 1.82) is 0 Å². The largest absolute Gasteiger partial charge is 0.384 e. The first-order valence-corrected chi connectivity index (χ1v) is 5.85. The Morgan fingerprint density at radius 2 is 1.61 bits per heavy atom. The first-order valence-electron chi connectivity index (χ1n) is 5.06. The first kappa shape index (κ1) is 13.1. The van der Waals surface area contributed by atoms with Crippen molar-refractivity contribution >= 4 is 15.9 Å². The molecule has 0 aliphatic heterocycles. The lowest BCUT2D eigenvalue weighted by Gasteiger charge is -2.12. The highest BCUT2D eigenvalue weighted by Gasteiger charge is 2.14. The molecule has 1 N–H and O–H groups in total. The summed E-state index contributed by atoms with van der Waals surface area (Å²) in [6, 6.07) is 6.94. The molecule has 1 unspecified atom stereocenters. The van der Waals surface area contributed by atoms with E-state index in [1.165, 1.54) is 18.2 Å². The number of hydrogen-bond acceptors (Lipinski definition) is 1. The fourth-order valence-electron chi connectivity index (χ4n) is 1.61. The van der Waals surface area contributed by atoms with E-state index in [-0.39, 0.29) is 11.1 Å². The first-order chi connectivity index (χ1) is 8.47. The maximum absolute atomic E-state index is 13.2. The van der Waals surface area contributed by atoms with Crippen LogP contribution in [0.3, 0.4) is 0 Å². The Morgan fingerprint density at radius 3 is 2.22 bits per heavy atom. The third-order valence-electron chi connectivity index (χ3n) is 2.46. The van der Waals surface area contributed by atoms with Gasteiger partial charge in [-0.25, -0.2) is 13.2 Å². The minimum Gasteiger partial charge on any atom is -0.384 e. The highest BCUT2D eigenvalue weighted by atomic mass is 79.9. The maximum Gasteiger partial charge on any atom is 0.159 e. The zero-order chi connectivity index (χ0) is 13.3.